The highest BCUT2D eigenvalue weighted by Gasteiger charge is 2.16. The van der Waals surface area contributed by atoms with Gasteiger partial charge in [0, 0.05) is 31.4 Å². The van der Waals surface area contributed by atoms with E-state index in [2.05, 4.69) is 10.6 Å². The van der Waals surface area contributed by atoms with E-state index in [-0.39, 0.29) is 11.9 Å². The van der Waals surface area contributed by atoms with Gasteiger partial charge in [-0.25, -0.2) is 4.79 Å². The maximum Gasteiger partial charge on any atom is 0.321 e. The Morgan fingerprint density at radius 2 is 1.79 bits per heavy atom. The Kier molecular flexibility index (Phi) is 4.35. The molecule has 3 amide bonds. The largest absolute Gasteiger partial charge is 0.378 e. The van der Waals surface area contributed by atoms with Crippen LogP contribution in [0.4, 0.5) is 10.5 Å². The zero-order valence-corrected chi connectivity index (χ0v) is 10.8. The van der Waals surface area contributed by atoms with Gasteiger partial charge >= 0.3 is 6.03 Å². The molecule has 1 heterocycles. The smallest absolute Gasteiger partial charge is 0.321 e. The third-order valence-corrected chi connectivity index (χ3v) is 2.92. The fourth-order valence-electron chi connectivity index (χ4n) is 1.82. The first-order valence-electron chi connectivity index (χ1n) is 6.16. The zero-order chi connectivity index (χ0) is 13.7. The van der Waals surface area contributed by atoms with Crippen molar-refractivity contribution in [3.63, 3.8) is 0 Å². The average Bonchev–Trinajstić information content (AvgIpc) is 2.48. The predicted octanol–water partition coefficient (Wildman–Crippen LogP) is 0.910. The van der Waals surface area contributed by atoms with Crippen LogP contribution in [0.15, 0.2) is 24.3 Å². The Morgan fingerprint density at radius 3 is 2.37 bits per heavy atom. The standard InChI is InChI=1S/C13H17N3O3/c1-14-12(17)10-2-4-11(5-3-10)15-13(18)16-6-8-19-9-7-16/h2-5H,6-9H2,1H3,(H,14,17)(H,15,18). The second kappa shape index (κ2) is 6.19. The molecule has 19 heavy (non-hydrogen) atoms. The first-order chi connectivity index (χ1) is 9.20. The van der Waals surface area contributed by atoms with Gasteiger partial charge in [-0.2, -0.15) is 0 Å². The number of hydrogen-bond acceptors (Lipinski definition) is 3. The number of amides is 3. The van der Waals surface area contributed by atoms with Crippen molar-refractivity contribution in [2.75, 3.05) is 38.7 Å². The summed E-state index contributed by atoms with van der Waals surface area (Å²) in [5, 5.41) is 5.34. The van der Waals surface area contributed by atoms with E-state index < -0.39 is 0 Å². The van der Waals surface area contributed by atoms with Gasteiger partial charge in [0.15, 0.2) is 0 Å². The summed E-state index contributed by atoms with van der Waals surface area (Å²) in [5.74, 6) is -0.147. The molecule has 1 aliphatic rings. The molecule has 2 N–H and O–H groups in total. The molecular weight excluding hydrogens is 246 g/mol. The van der Waals surface area contributed by atoms with Gasteiger partial charge in [-0.1, -0.05) is 0 Å². The van der Waals surface area contributed by atoms with Crippen LogP contribution in [-0.4, -0.2) is 50.2 Å². The van der Waals surface area contributed by atoms with Crippen molar-refractivity contribution in [3.8, 4) is 0 Å². The second-order valence-corrected chi connectivity index (χ2v) is 4.19. The van der Waals surface area contributed by atoms with Crippen LogP contribution in [-0.2, 0) is 4.74 Å². The SMILES string of the molecule is CNC(=O)c1ccc(NC(=O)N2CCOCC2)cc1. The number of hydrogen-bond donors (Lipinski definition) is 2. The minimum Gasteiger partial charge on any atom is -0.378 e. The van der Waals surface area contributed by atoms with Gasteiger partial charge in [0.05, 0.1) is 13.2 Å². The Hall–Kier alpha value is -2.08. The number of anilines is 1. The molecule has 1 aromatic carbocycles. The summed E-state index contributed by atoms with van der Waals surface area (Å²) in [7, 11) is 1.58. The number of nitrogens with zero attached hydrogens (tertiary/aromatic N) is 1. The van der Waals surface area contributed by atoms with E-state index >= 15 is 0 Å². The summed E-state index contributed by atoms with van der Waals surface area (Å²) in [6, 6.07) is 6.63. The third-order valence-electron chi connectivity index (χ3n) is 2.92. The second-order valence-electron chi connectivity index (χ2n) is 4.19. The monoisotopic (exact) mass is 263 g/mol. The number of ether oxygens (including phenoxy) is 1. The first-order valence-corrected chi connectivity index (χ1v) is 6.16. The molecular formula is C13H17N3O3. The third kappa shape index (κ3) is 3.45. The van der Waals surface area contributed by atoms with Crippen molar-refractivity contribution in [2.45, 2.75) is 0 Å². The topological polar surface area (TPSA) is 70.7 Å². The molecule has 0 spiro atoms. The Balaban J connectivity index is 1.95. The molecule has 1 saturated heterocycles. The summed E-state index contributed by atoms with van der Waals surface area (Å²) < 4.78 is 5.19. The minimum atomic E-state index is -0.147. The molecule has 6 heteroatoms. The number of rotatable bonds is 2. The first kappa shape index (κ1) is 13.4. The highest BCUT2D eigenvalue weighted by molar-refractivity contribution is 5.95. The van der Waals surface area contributed by atoms with Crippen LogP contribution < -0.4 is 10.6 Å². The van der Waals surface area contributed by atoms with Crippen LogP contribution in [0.25, 0.3) is 0 Å². The highest BCUT2D eigenvalue weighted by atomic mass is 16.5. The van der Waals surface area contributed by atoms with E-state index in [1.807, 2.05) is 0 Å². The molecule has 0 radical (unpaired) electrons. The summed E-state index contributed by atoms with van der Waals surface area (Å²) in [6.07, 6.45) is 0. The minimum absolute atomic E-state index is 0.143. The molecule has 102 valence electrons. The van der Waals surface area contributed by atoms with Crippen LogP contribution in [0.3, 0.4) is 0 Å². The number of carbonyl (C=O) groups excluding carboxylic acids is 2. The summed E-state index contributed by atoms with van der Waals surface area (Å²) in [4.78, 5) is 25.0. The zero-order valence-electron chi connectivity index (χ0n) is 10.8. The summed E-state index contributed by atoms with van der Waals surface area (Å²) in [5.41, 5.74) is 1.23. The van der Waals surface area contributed by atoms with Crippen molar-refractivity contribution < 1.29 is 14.3 Å². The van der Waals surface area contributed by atoms with E-state index in [1.54, 1.807) is 36.2 Å². The number of benzene rings is 1. The van der Waals surface area contributed by atoms with Crippen LogP contribution >= 0.6 is 0 Å². The summed E-state index contributed by atoms with van der Waals surface area (Å²) in [6.45, 7) is 2.34. The van der Waals surface area contributed by atoms with Gasteiger partial charge in [-0.15, -0.1) is 0 Å². The van der Waals surface area contributed by atoms with E-state index in [4.69, 9.17) is 4.74 Å². The summed E-state index contributed by atoms with van der Waals surface area (Å²) >= 11 is 0. The van der Waals surface area contributed by atoms with Crippen LogP contribution in [0.5, 0.6) is 0 Å². The van der Waals surface area contributed by atoms with Crippen molar-refractivity contribution in [2.24, 2.45) is 0 Å². The van der Waals surface area contributed by atoms with Crippen molar-refractivity contribution >= 4 is 17.6 Å². The van der Waals surface area contributed by atoms with Gasteiger partial charge in [-0.3, -0.25) is 4.79 Å². The maximum absolute atomic E-state index is 11.9. The lowest BCUT2D eigenvalue weighted by Gasteiger charge is -2.26. The number of carbonyl (C=O) groups is 2. The van der Waals surface area contributed by atoms with Gasteiger partial charge in [0.1, 0.15) is 0 Å². The molecule has 0 bridgehead atoms. The van der Waals surface area contributed by atoms with E-state index in [9.17, 15) is 9.59 Å². The molecule has 1 aliphatic heterocycles. The van der Waals surface area contributed by atoms with E-state index in [0.29, 0.717) is 37.6 Å². The number of nitrogens with one attached hydrogen (secondary N) is 2. The maximum atomic E-state index is 11.9. The molecule has 0 aromatic heterocycles. The van der Waals surface area contributed by atoms with Crippen molar-refractivity contribution in [1.29, 1.82) is 0 Å². The van der Waals surface area contributed by atoms with Crippen molar-refractivity contribution in [3.05, 3.63) is 29.8 Å². The Morgan fingerprint density at radius 1 is 1.16 bits per heavy atom. The molecule has 6 nitrogen and oxygen atoms in total. The molecule has 0 atom stereocenters. The van der Waals surface area contributed by atoms with E-state index in [1.165, 1.54) is 0 Å². The lowest BCUT2D eigenvalue weighted by molar-refractivity contribution is 0.0564. The van der Waals surface area contributed by atoms with Crippen LogP contribution in [0.1, 0.15) is 10.4 Å². The molecule has 1 aromatic rings. The highest BCUT2D eigenvalue weighted by Crippen LogP contribution is 2.11. The quantitative estimate of drug-likeness (QED) is 0.833. The number of morpholine rings is 1. The fourth-order valence-corrected chi connectivity index (χ4v) is 1.82. The normalized spacial score (nSPS) is 14.9. The Labute approximate surface area is 111 Å². The lowest BCUT2D eigenvalue weighted by Crippen LogP contribution is -2.43. The van der Waals surface area contributed by atoms with Gasteiger partial charge in [0.25, 0.3) is 5.91 Å². The molecule has 2 rings (SSSR count). The van der Waals surface area contributed by atoms with Crippen LogP contribution in [0.2, 0.25) is 0 Å². The van der Waals surface area contributed by atoms with Crippen molar-refractivity contribution in [1.82, 2.24) is 10.2 Å². The average molecular weight is 263 g/mol. The lowest BCUT2D eigenvalue weighted by atomic mass is 10.2. The van der Waals surface area contributed by atoms with Crippen LogP contribution in [0, 0.1) is 0 Å². The van der Waals surface area contributed by atoms with Gasteiger partial charge in [-0.05, 0) is 24.3 Å². The molecule has 0 saturated carbocycles. The molecule has 1 fully saturated rings. The van der Waals surface area contributed by atoms with Gasteiger partial charge < -0.3 is 20.3 Å². The fraction of sp³-hybridized carbons (Fsp3) is 0.385. The molecule has 0 aliphatic carbocycles. The molecule has 0 unspecified atom stereocenters. The predicted molar refractivity (Wildman–Crippen MR) is 71.2 cm³/mol. The Bertz CT molecular complexity index is 453. The number of urea groups is 1. The van der Waals surface area contributed by atoms with E-state index in [0.717, 1.165) is 0 Å². The van der Waals surface area contributed by atoms with Gasteiger partial charge in [0.2, 0.25) is 0 Å².